The number of rotatable bonds is 1. The monoisotopic (exact) mass is 285 g/mol. The molecule has 1 aromatic heterocycles. The molecule has 0 aliphatic rings. The summed E-state index contributed by atoms with van der Waals surface area (Å²) in [6.07, 6.45) is -4.78. The van der Waals surface area contributed by atoms with Crippen LogP contribution in [0.5, 0.6) is 0 Å². The van der Waals surface area contributed by atoms with Gasteiger partial charge in [0, 0.05) is 13.1 Å². The number of para-hydroxylation sites is 2. The van der Waals surface area contributed by atoms with Crippen molar-refractivity contribution in [3.05, 3.63) is 56.9 Å². The summed E-state index contributed by atoms with van der Waals surface area (Å²) >= 11 is 0. The fourth-order valence-corrected chi connectivity index (χ4v) is 1.81. The van der Waals surface area contributed by atoms with Gasteiger partial charge in [0.1, 0.15) is 5.69 Å². The van der Waals surface area contributed by atoms with E-state index in [1.165, 1.54) is 18.2 Å². The highest BCUT2D eigenvalue weighted by molar-refractivity contribution is 5.57. The first-order chi connectivity index (χ1) is 9.23. The van der Waals surface area contributed by atoms with Crippen molar-refractivity contribution in [1.29, 1.82) is 0 Å². The second kappa shape index (κ2) is 4.55. The van der Waals surface area contributed by atoms with Gasteiger partial charge in [-0.2, -0.15) is 13.2 Å². The molecule has 0 saturated heterocycles. The Kier molecular flexibility index (Phi) is 3.16. The van der Waals surface area contributed by atoms with Crippen molar-refractivity contribution < 1.29 is 13.2 Å². The van der Waals surface area contributed by atoms with Crippen molar-refractivity contribution in [3.63, 3.8) is 0 Å². The lowest BCUT2D eigenvalue weighted by Gasteiger charge is -2.14. The Labute approximate surface area is 110 Å². The lowest BCUT2D eigenvalue weighted by molar-refractivity contribution is -0.144. The molecular weight excluding hydrogens is 275 g/mol. The second-order valence-corrected chi connectivity index (χ2v) is 4.10. The smallest absolute Gasteiger partial charge is 0.397 e. The number of hydrogen-bond acceptors (Lipinski definition) is 3. The molecule has 5 nitrogen and oxygen atoms in total. The number of halogens is 3. The average Bonchev–Trinajstić information content (AvgIpc) is 2.35. The van der Waals surface area contributed by atoms with Gasteiger partial charge in [0.15, 0.2) is 0 Å². The summed E-state index contributed by atoms with van der Waals surface area (Å²) in [5, 5.41) is 0. The maximum atomic E-state index is 12.7. The van der Waals surface area contributed by atoms with Crippen LogP contribution in [-0.4, -0.2) is 9.13 Å². The van der Waals surface area contributed by atoms with E-state index in [1.54, 1.807) is 6.07 Å². The molecule has 2 rings (SSSR count). The molecule has 0 aliphatic carbocycles. The molecular formula is C12H10F3N3O2. The van der Waals surface area contributed by atoms with Crippen LogP contribution < -0.4 is 17.0 Å². The third-order valence-electron chi connectivity index (χ3n) is 2.79. The minimum Gasteiger partial charge on any atom is -0.397 e. The molecule has 1 heterocycles. The quantitative estimate of drug-likeness (QED) is 0.799. The number of hydrogen-bond donors (Lipinski definition) is 1. The molecule has 8 heteroatoms. The Balaban J connectivity index is 2.83. The lowest BCUT2D eigenvalue weighted by atomic mass is 10.2. The van der Waals surface area contributed by atoms with E-state index in [9.17, 15) is 22.8 Å². The lowest BCUT2D eigenvalue weighted by Crippen LogP contribution is -2.40. The van der Waals surface area contributed by atoms with E-state index >= 15 is 0 Å². The first-order valence-corrected chi connectivity index (χ1v) is 5.48. The van der Waals surface area contributed by atoms with Gasteiger partial charge in [0.2, 0.25) is 0 Å². The summed E-state index contributed by atoms with van der Waals surface area (Å²) < 4.78 is 39.0. The maximum Gasteiger partial charge on any atom is 0.431 e. The summed E-state index contributed by atoms with van der Waals surface area (Å²) in [6, 6.07) is 6.30. The molecule has 0 atom stereocenters. The van der Waals surface area contributed by atoms with Gasteiger partial charge in [-0.25, -0.2) is 9.36 Å². The Morgan fingerprint density at radius 1 is 1.15 bits per heavy atom. The summed E-state index contributed by atoms with van der Waals surface area (Å²) in [4.78, 5) is 23.8. The number of nitrogens with zero attached hydrogens (tertiary/aromatic N) is 2. The molecule has 1 aromatic carbocycles. The van der Waals surface area contributed by atoms with Crippen LogP contribution in [0.4, 0.5) is 18.9 Å². The number of alkyl halides is 3. The third-order valence-corrected chi connectivity index (χ3v) is 2.79. The zero-order chi connectivity index (χ0) is 15.1. The number of anilines is 1. The summed E-state index contributed by atoms with van der Waals surface area (Å²) in [7, 11) is 0.945. The highest BCUT2D eigenvalue weighted by atomic mass is 19.4. The molecule has 20 heavy (non-hydrogen) atoms. The van der Waals surface area contributed by atoms with Crippen molar-refractivity contribution in [2.24, 2.45) is 7.05 Å². The van der Waals surface area contributed by atoms with Crippen LogP contribution in [0.1, 0.15) is 5.69 Å². The Morgan fingerprint density at radius 3 is 2.30 bits per heavy atom. The van der Waals surface area contributed by atoms with E-state index in [0.717, 1.165) is 7.05 Å². The molecule has 0 amide bonds. The number of benzene rings is 1. The van der Waals surface area contributed by atoms with Gasteiger partial charge in [-0.1, -0.05) is 12.1 Å². The fourth-order valence-electron chi connectivity index (χ4n) is 1.81. The number of nitrogens with two attached hydrogens (primary N) is 1. The highest BCUT2D eigenvalue weighted by Crippen LogP contribution is 2.27. The molecule has 0 saturated carbocycles. The van der Waals surface area contributed by atoms with Crippen LogP contribution >= 0.6 is 0 Å². The minimum atomic E-state index is -4.78. The van der Waals surface area contributed by atoms with Crippen molar-refractivity contribution in [2.45, 2.75) is 6.18 Å². The third kappa shape index (κ3) is 2.20. The number of nitrogen functional groups attached to an aromatic ring is 1. The molecule has 0 radical (unpaired) electrons. The molecule has 106 valence electrons. The van der Waals surface area contributed by atoms with Crippen LogP contribution in [0.25, 0.3) is 5.69 Å². The van der Waals surface area contributed by atoms with E-state index in [2.05, 4.69) is 0 Å². The van der Waals surface area contributed by atoms with Crippen LogP contribution in [0, 0.1) is 0 Å². The van der Waals surface area contributed by atoms with Gasteiger partial charge in [0.25, 0.3) is 5.56 Å². The van der Waals surface area contributed by atoms with Crippen molar-refractivity contribution in [2.75, 3.05) is 5.73 Å². The Morgan fingerprint density at radius 2 is 1.75 bits per heavy atom. The van der Waals surface area contributed by atoms with E-state index < -0.39 is 23.1 Å². The fraction of sp³-hybridized carbons (Fsp3) is 0.167. The zero-order valence-electron chi connectivity index (χ0n) is 10.3. The van der Waals surface area contributed by atoms with Gasteiger partial charge in [-0.15, -0.1) is 0 Å². The largest absolute Gasteiger partial charge is 0.431 e. The molecule has 0 spiro atoms. The number of aromatic nitrogens is 2. The average molecular weight is 285 g/mol. The van der Waals surface area contributed by atoms with Gasteiger partial charge >= 0.3 is 11.9 Å². The van der Waals surface area contributed by atoms with Crippen molar-refractivity contribution >= 4 is 5.69 Å². The summed E-state index contributed by atoms with van der Waals surface area (Å²) in [5.74, 6) is 0. The van der Waals surface area contributed by atoms with Crippen LogP contribution in [-0.2, 0) is 13.2 Å². The van der Waals surface area contributed by atoms with Crippen molar-refractivity contribution in [3.8, 4) is 5.69 Å². The molecule has 0 unspecified atom stereocenters. The van der Waals surface area contributed by atoms with Crippen LogP contribution in [0.2, 0.25) is 0 Å². The van der Waals surface area contributed by atoms with Crippen molar-refractivity contribution in [1.82, 2.24) is 9.13 Å². The second-order valence-electron chi connectivity index (χ2n) is 4.10. The van der Waals surface area contributed by atoms with Crippen LogP contribution in [0.15, 0.2) is 39.9 Å². The van der Waals surface area contributed by atoms with E-state index in [4.69, 9.17) is 5.73 Å². The first kappa shape index (κ1) is 13.9. The van der Waals surface area contributed by atoms with Gasteiger partial charge in [0.05, 0.1) is 11.4 Å². The molecule has 0 bridgehead atoms. The summed E-state index contributed by atoms with van der Waals surface area (Å²) in [6.45, 7) is 0. The molecule has 0 fully saturated rings. The van der Waals surface area contributed by atoms with E-state index in [0.29, 0.717) is 15.2 Å². The predicted molar refractivity (Wildman–Crippen MR) is 66.7 cm³/mol. The highest BCUT2D eigenvalue weighted by Gasteiger charge is 2.35. The van der Waals surface area contributed by atoms with Gasteiger partial charge in [-0.05, 0) is 12.1 Å². The van der Waals surface area contributed by atoms with Gasteiger partial charge < -0.3 is 5.73 Å². The van der Waals surface area contributed by atoms with E-state index in [1.807, 2.05) is 0 Å². The zero-order valence-corrected chi connectivity index (χ0v) is 10.3. The standard InChI is InChI=1S/C12H10F3N3O2/c1-17-9(12(13,14)15)6-10(19)18(11(17)20)8-5-3-2-4-7(8)16/h2-6H,16H2,1H3. The summed E-state index contributed by atoms with van der Waals surface area (Å²) in [5.41, 5.74) is 2.30. The molecule has 2 N–H and O–H groups in total. The van der Waals surface area contributed by atoms with Crippen LogP contribution in [0.3, 0.4) is 0 Å². The molecule has 0 aliphatic heterocycles. The Bertz CT molecular complexity index is 775. The normalized spacial score (nSPS) is 11.6. The molecule has 2 aromatic rings. The minimum absolute atomic E-state index is 0.0480. The van der Waals surface area contributed by atoms with Gasteiger partial charge in [-0.3, -0.25) is 9.36 Å². The maximum absolute atomic E-state index is 12.7. The van der Waals surface area contributed by atoms with E-state index in [-0.39, 0.29) is 11.4 Å². The topological polar surface area (TPSA) is 70.0 Å². The SMILES string of the molecule is Cn1c(C(F)(F)F)cc(=O)n(-c2ccccc2N)c1=O. The predicted octanol–water partition coefficient (Wildman–Crippen LogP) is 1.14. The Hall–Kier alpha value is -2.51. The first-order valence-electron chi connectivity index (χ1n) is 5.48.